The van der Waals surface area contributed by atoms with Gasteiger partial charge in [-0.1, -0.05) is 31.5 Å². The summed E-state index contributed by atoms with van der Waals surface area (Å²) in [5.41, 5.74) is 2.57. The average molecular weight is 609 g/mol. The first kappa shape index (κ1) is 33.6. The van der Waals surface area contributed by atoms with Crippen LogP contribution in [0.3, 0.4) is 0 Å². The maximum absolute atomic E-state index is 11.3. The van der Waals surface area contributed by atoms with Crippen LogP contribution in [0.4, 0.5) is 5.69 Å². The number of amides is 4. The maximum Gasteiger partial charge on any atom is 0.332 e. The van der Waals surface area contributed by atoms with Crippen molar-refractivity contribution in [2.45, 2.75) is 58.1 Å². The molecule has 5 rings (SSSR count). The highest BCUT2D eigenvalue weighted by Gasteiger charge is 2.48. The minimum Gasteiger partial charge on any atom is -0.354 e. The van der Waals surface area contributed by atoms with Gasteiger partial charge in [0.25, 0.3) is 33.7 Å². The molecule has 1 N–H and O–H groups in total. The molecular weight excluding hydrogens is 576 g/mol. The smallest absolute Gasteiger partial charge is 0.332 e. The van der Waals surface area contributed by atoms with Crippen molar-refractivity contribution < 1.29 is 51.4 Å². The Balaban J connectivity index is 0.000000210. The van der Waals surface area contributed by atoms with Gasteiger partial charge in [-0.05, 0) is 19.1 Å². The van der Waals surface area contributed by atoms with Gasteiger partial charge in [0, 0.05) is 63.2 Å². The Morgan fingerprint density at radius 1 is 0.833 bits per heavy atom. The van der Waals surface area contributed by atoms with E-state index in [4.69, 9.17) is 4.55 Å². The quantitative estimate of drug-likeness (QED) is 0.362. The van der Waals surface area contributed by atoms with Crippen molar-refractivity contribution in [2.75, 3.05) is 11.9 Å². The lowest BCUT2D eigenvalue weighted by Gasteiger charge is -2.12. The summed E-state index contributed by atoms with van der Waals surface area (Å²) < 4.78 is 30.1. The van der Waals surface area contributed by atoms with Gasteiger partial charge in [0.2, 0.25) is 0 Å². The Kier molecular flexibility index (Phi) is 11.9. The van der Waals surface area contributed by atoms with E-state index >= 15 is 0 Å². The first-order valence-corrected chi connectivity index (χ1v) is 14.2. The highest BCUT2D eigenvalue weighted by Crippen LogP contribution is 2.22. The summed E-state index contributed by atoms with van der Waals surface area (Å²) in [6.07, 6.45) is 7.71. The van der Waals surface area contributed by atoms with Crippen molar-refractivity contribution in [1.82, 2.24) is 15.0 Å². The van der Waals surface area contributed by atoms with Gasteiger partial charge in [-0.25, -0.2) is 9.59 Å². The summed E-state index contributed by atoms with van der Waals surface area (Å²) in [5, 5.41) is -1.26. The predicted molar refractivity (Wildman–Crippen MR) is 145 cm³/mol. The van der Waals surface area contributed by atoms with Gasteiger partial charge in [0.15, 0.2) is 5.25 Å². The molecule has 2 saturated heterocycles. The molecule has 1 unspecified atom stereocenters. The second kappa shape index (κ2) is 14.9. The summed E-state index contributed by atoms with van der Waals surface area (Å²) in [7, 11) is -2.66. The molecule has 0 bridgehead atoms. The fraction of sp³-hybridized carbons (Fsp3) is 0.385. The zero-order valence-corrected chi connectivity index (χ0v) is 24.3. The van der Waals surface area contributed by atoms with Gasteiger partial charge in [-0.15, -0.1) is 10.1 Å². The third-order valence-electron chi connectivity index (χ3n) is 5.47. The molecule has 42 heavy (non-hydrogen) atoms. The van der Waals surface area contributed by atoms with Crippen LogP contribution in [-0.4, -0.2) is 75.9 Å². The number of nitrogens with zero attached hydrogens (tertiary/aromatic N) is 4. The van der Waals surface area contributed by atoms with Crippen molar-refractivity contribution in [3.05, 3.63) is 54.6 Å². The monoisotopic (exact) mass is 608 g/mol. The Bertz CT molecular complexity index is 1340. The molecule has 0 spiro atoms. The molecule has 0 aliphatic carbocycles. The molecule has 0 aromatic heterocycles. The lowest BCUT2D eigenvalue weighted by atomic mass is 10.2. The van der Waals surface area contributed by atoms with Crippen molar-refractivity contribution in [1.29, 1.82) is 0 Å². The lowest BCUT2D eigenvalue weighted by Crippen LogP contribution is -2.36. The van der Waals surface area contributed by atoms with Gasteiger partial charge in [-0.2, -0.15) is 8.42 Å². The van der Waals surface area contributed by atoms with Crippen molar-refractivity contribution >= 4 is 51.4 Å². The molecular formula is C26H32N4O11S. The van der Waals surface area contributed by atoms with Crippen molar-refractivity contribution in [3.63, 3.8) is 0 Å². The van der Waals surface area contributed by atoms with E-state index < -0.39 is 57.4 Å². The van der Waals surface area contributed by atoms with Gasteiger partial charge in [0.1, 0.15) is 0 Å². The first-order valence-electron chi connectivity index (χ1n) is 12.7. The third kappa shape index (κ3) is 10.8. The standard InChI is InChI=1S/C9H9N.C7H9NO7S.C7H9NO4.C3H5N/c1-8-2-4-9(5-3-8)10-6-7-10;1-2-6(10)15-8-5(9)3-4(7(8)11)16(12,13)14;1-2-7(11)12-8-5(9)3-4-6(8)10;1-4-2-3-4/h2-7H,1H3;4H,2-3H2,1H3,(H,12,13,14);2-4H2,1H3;2-3H,1H3. The average Bonchev–Trinajstić information content (AvgIpc) is 3.88. The summed E-state index contributed by atoms with van der Waals surface area (Å²) in [4.78, 5) is 78.6. The normalized spacial score (nSPS) is 18.0. The molecule has 228 valence electrons. The van der Waals surface area contributed by atoms with Gasteiger partial charge in [-0.3, -0.25) is 23.7 Å². The van der Waals surface area contributed by atoms with Gasteiger partial charge >= 0.3 is 11.9 Å². The van der Waals surface area contributed by atoms with E-state index in [9.17, 15) is 37.2 Å². The van der Waals surface area contributed by atoms with E-state index in [0.29, 0.717) is 5.06 Å². The third-order valence-corrected chi connectivity index (χ3v) is 6.56. The number of rotatable bonds is 6. The second-order valence-corrected chi connectivity index (χ2v) is 10.6. The zero-order valence-electron chi connectivity index (χ0n) is 23.5. The first-order chi connectivity index (χ1) is 19.7. The molecule has 1 atom stereocenters. The fourth-order valence-corrected chi connectivity index (χ4v) is 3.59. The minimum absolute atomic E-state index is 0.0737. The van der Waals surface area contributed by atoms with Crippen molar-refractivity contribution in [2.24, 2.45) is 0 Å². The number of hydrogen-bond acceptors (Lipinski definition) is 12. The van der Waals surface area contributed by atoms with E-state index in [2.05, 4.69) is 45.8 Å². The molecule has 0 radical (unpaired) electrons. The highest BCUT2D eigenvalue weighted by atomic mass is 32.2. The molecule has 4 aliphatic heterocycles. The number of carbonyl (C=O) groups is 6. The number of hydroxylamine groups is 4. The minimum atomic E-state index is -4.66. The second-order valence-electron chi connectivity index (χ2n) is 8.95. The summed E-state index contributed by atoms with van der Waals surface area (Å²) in [6, 6.07) is 8.48. The Morgan fingerprint density at radius 3 is 1.64 bits per heavy atom. The largest absolute Gasteiger partial charge is 0.354 e. The van der Waals surface area contributed by atoms with Crippen LogP contribution in [0, 0.1) is 6.92 Å². The molecule has 16 heteroatoms. The van der Waals surface area contributed by atoms with E-state index in [0.717, 1.165) is 0 Å². The molecule has 4 aliphatic rings. The summed E-state index contributed by atoms with van der Waals surface area (Å²) >= 11 is 0. The molecule has 4 heterocycles. The fourth-order valence-electron chi connectivity index (χ4n) is 2.89. The van der Waals surface area contributed by atoms with Crippen LogP contribution < -0.4 is 4.90 Å². The number of benzene rings is 1. The van der Waals surface area contributed by atoms with Crippen LogP contribution in [0.5, 0.6) is 0 Å². The van der Waals surface area contributed by atoms with Crippen molar-refractivity contribution in [3.8, 4) is 0 Å². The summed E-state index contributed by atoms with van der Waals surface area (Å²) in [6.45, 7) is 5.13. The van der Waals surface area contributed by atoms with E-state index in [-0.39, 0.29) is 30.7 Å². The van der Waals surface area contributed by atoms with Gasteiger partial charge < -0.3 is 19.5 Å². The number of anilines is 1. The topological polar surface area (TPSA) is 188 Å². The maximum atomic E-state index is 11.3. The van der Waals surface area contributed by atoms with E-state index in [1.54, 1.807) is 6.92 Å². The lowest BCUT2D eigenvalue weighted by molar-refractivity contribution is -0.197. The van der Waals surface area contributed by atoms with E-state index in [1.807, 2.05) is 36.7 Å². The van der Waals surface area contributed by atoms with E-state index in [1.165, 1.54) is 18.2 Å². The predicted octanol–water partition coefficient (Wildman–Crippen LogP) is 1.56. The highest BCUT2D eigenvalue weighted by molar-refractivity contribution is 7.87. The number of hydrogen-bond donors (Lipinski definition) is 1. The molecule has 0 saturated carbocycles. The summed E-state index contributed by atoms with van der Waals surface area (Å²) in [5.74, 6) is -4.54. The Morgan fingerprint density at radius 2 is 1.29 bits per heavy atom. The number of aryl methyl sites for hydroxylation is 1. The number of imide groups is 2. The van der Waals surface area contributed by atoms with Crippen LogP contribution in [0.1, 0.15) is 51.5 Å². The van der Waals surface area contributed by atoms with Crippen LogP contribution in [0.15, 0.2) is 49.1 Å². The molecule has 2 fully saturated rings. The Hall–Kier alpha value is -4.57. The molecule has 15 nitrogen and oxygen atoms in total. The Labute approximate surface area is 242 Å². The van der Waals surface area contributed by atoms with Crippen LogP contribution >= 0.6 is 0 Å². The molecule has 1 aromatic rings. The zero-order chi connectivity index (χ0) is 31.6. The molecule has 1 aromatic carbocycles. The van der Waals surface area contributed by atoms with Crippen LogP contribution in [0.2, 0.25) is 0 Å². The number of carbonyl (C=O) groups excluding carboxylic acids is 6. The molecule has 4 amide bonds. The van der Waals surface area contributed by atoms with Gasteiger partial charge in [0.05, 0.1) is 6.42 Å². The van der Waals surface area contributed by atoms with Crippen LogP contribution in [-0.2, 0) is 48.6 Å². The van der Waals surface area contributed by atoms with Crippen LogP contribution in [0.25, 0.3) is 0 Å². The SMILES string of the molecule is CCC(=O)ON1C(=O)CC(S(=O)(=O)O)C1=O.CCC(=O)ON1C(=O)CCC1=O.CN1C=C1.Cc1ccc(N2C=C2)cc1.